The van der Waals surface area contributed by atoms with E-state index in [-0.39, 0.29) is 24.3 Å². The van der Waals surface area contributed by atoms with Gasteiger partial charge in [0.2, 0.25) is 0 Å². The molecule has 1 aliphatic heterocycles. The van der Waals surface area contributed by atoms with Crippen molar-refractivity contribution in [3.63, 3.8) is 0 Å². The summed E-state index contributed by atoms with van der Waals surface area (Å²) >= 11 is 1.41. The number of allylic oxidation sites excluding steroid dienone is 2. The Morgan fingerprint density at radius 3 is 2.69 bits per heavy atom. The molecule has 1 aromatic rings. The van der Waals surface area contributed by atoms with Gasteiger partial charge in [-0.15, -0.1) is 11.8 Å². The first-order valence-electron chi connectivity index (χ1n) is 10.9. The zero-order chi connectivity index (χ0) is 23.4. The van der Waals surface area contributed by atoms with Crippen LogP contribution in [0.25, 0.3) is 0 Å². The fourth-order valence-corrected chi connectivity index (χ4v) is 5.01. The van der Waals surface area contributed by atoms with Crippen molar-refractivity contribution in [2.45, 2.75) is 38.8 Å². The van der Waals surface area contributed by atoms with Gasteiger partial charge in [-0.05, 0) is 57.2 Å². The Kier molecular flexibility index (Phi) is 7.96. The van der Waals surface area contributed by atoms with Crippen LogP contribution in [0.1, 0.15) is 30.4 Å². The fraction of sp³-hybridized carbons (Fsp3) is 0.440. The lowest BCUT2D eigenvalue weighted by Gasteiger charge is -2.41. The number of carbonyl (C=O) groups excluding carboxylic acids is 2. The number of nitrogens with one attached hydrogen (secondary N) is 1. The van der Waals surface area contributed by atoms with Crippen molar-refractivity contribution < 1.29 is 14.0 Å². The summed E-state index contributed by atoms with van der Waals surface area (Å²) in [7, 11) is 4.11. The van der Waals surface area contributed by atoms with Crippen LogP contribution in [-0.2, 0) is 16.1 Å². The van der Waals surface area contributed by atoms with Crippen molar-refractivity contribution >= 4 is 24.0 Å². The summed E-state index contributed by atoms with van der Waals surface area (Å²) in [5.41, 5.74) is 2.43. The molecule has 5 nitrogen and oxygen atoms in total. The Hall–Kier alpha value is -2.38. The number of likely N-dealkylation sites (N-methyl/N-ethyl adjacent to an activating group) is 1. The maximum Gasteiger partial charge on any atom is 0.253 e. The summed E-state index contributed by atoms with van der Waals surface area (Å²) in [5.74, 6) is -0.0636. The molecule has 172 valence electrons. The highest BCUT2D eigenvalue weighted by atomic mass is 32.2. The molecule has 1 unspecified atom stereocenters. The molecule has 32 heavy (non-hydrogen) atoms. The highest BCUT2D eigenvalue weighted by Gasteiger charge is 2.33. The number of hydrogen-bond acceptors (Lipinski definition) is 5. The molecule has 1 heterocycles. The molecule has 1 aliphatic carbocycles. The molecule has 1 atom stereocenters. The first kappa shape index (κ1) is 24.3. The van der Waals surface area contributed by atoms with Crippen LogP contribution in [0, 0.1) is 18.7 Å². The Morgan fingerprint density at radius 1 is 1.41 bits per heavy atom. The maximum atomic E-state index is 14.3. The largest absolute Gasteiger partial charge is 0.348 e. The number of rotatable bonds is 9. The lowest BCUT2D eigenvalue weighted by atomic mass is 9.79. The molecule has 0 saturated heterocycles. The van der Waals surface area contributed by atoms with Crippen molar-refractivity contribution in [3.8, 4) is 0 Å². The monoisotopic (exact) mass is 457 g/mol. The molecular weight excluding hydrogens is 425 g/mol. The summed E-state index contributed by atoms with van der Waals surface area (Å²) in [5, 5.41) is 2.82. The topological polar surface area (TPSA) is 52.7 Å². The average Bonchev–Trinajstić information content (AvgIpc) is 2.73. The van der Waals surface area contributed by atoms with E-state index in [1.807, 2.05) is 11.2 Å². The van der Waals surface area contributed by atoms with Gasteiger partial charge in [0.15, 0.2) is 6.29 Å². The summed E-state index contributed by atoms with van der Waals surface area (Å²) in [6.07, 6.45) is 8.04. The first-order chi connectivity index (χ1) is 15.3. The van der Waals surface area contributed by atoms with Gasteiger partial charge >= 0.3 is 0 Å². The first-order valence-corrected chi connectivity index (χ1v) is 12.1. The van der Waals surface area contributed by atoms with E-state index < -0.39 is 0 Å². The standard InChI is InChI=1S/C25H32FN3O2S/c1-16-8-6-11-19(23(16)26)12-27-25(31)20-13-29(22(15-30)24(32-5)17(20)2)14-21(28(3)4)18-9-7-10-18/h6,8,11,13,15,18,21H,2,7,9-10,12,14H2,1,3-5H3,(H,27,31). The van der Waals surface area contributed by atoms with Gasteiger partial charge in [0.1, 0.15) is 5.82 Å². The number of amides is 1. The van der Waals surface area contributed by atoms with E-state index in [0.717, 1.165) is 6.29 Å². The zero-order valence-electron chi connectivity index (χ0n) is 19.3. The van der Waals surface area contributed by atoms with Crippen molar-refractivity contribution in [1.29, 1.82) is 0 Å². The van der Waals surface area contributed by atoms with Gasteiger partial charge in [-0.2, -0.15) is 0 Å². The van der Waals surface area contributed by atoms with Crippen LogP contribution in [0.4, 0.5) is 4.39 Å². The number of carbonyl (C=O) groups is 2. The van der Waals surface area contributed by atoms with Gasteiger partial charge in [-0.25, -0.2) is 4.39 Å². The zero-order valence-corrected chi connectivity index (χ0v) is 20.1. The molecule has 2 aliphatic rings. The van der Waals surface area contributed by atoms with E-state index in [1.54, 1.807) is 31.3 Å². The van der Waals surface area contributed by atoms with Crippen LogP contribution in [0.5, 0.6) is 0 Å². The van der Waals surface area contributed by atoms with E-state index in [0.29, 0.717) is 45.3 Å². The smallest absolute Gasteiger partial charge is 0.253 e. The minimum atomic E-state index is -0.331. The molecular formula is C25H32FN3O2S. The number of benzene rings is 1. The fourth-order valence-electron chi connectivity index (χ4n) is 4.28. The van der Waals surface area contributed by atoms with Crippen LogP contribution in [0.2, 0.25) is 0 Å². The molecule has 0 bridgehead atoms. The van der Waals surface area contributed by atoms with E-state index in [2.05, 4.69) is 30.9 Å². The van der Waals surface area contributed by atoms with Crippen molar-refractivity contribution in [2.75, 3.05) is 26.9 Å². The summed E-state index contributed by atoms with van der Waals surface area (Å²) < 4.78 is 14.3. The predicted octanol–water partition coefficient (Wildman–Crippen LogP) is 4.01. The van der Waals surface area contributed by atoms with E-state index in [9.17, 15) is 14.0 Å². The Balaban J connectivity index is 1.84. The Bertz CT molecular complexity index is 966. The summed E-state index contributed by atoms with van der Waals surface area (Å²) in [6, 6.07) is 5.41. The third-order valence-electron chi connectivity index (χ3n) is 6.44. The van der Waals surface area contributed by atoms with E-state index in [1.165, 1.54) is 31.0 Å². The SMILES string of the molecule is C=C1C(C(=O)NCc2cccc(C)c2F)=CN(CC(C2CCC2)N(C)C)C(C=O)=C1SC. The molecule has 1 amide bonds. The van der Waals surface area contributed by atoms with Gasteiger partial charge in [0, 0.05) is 35.8 Å². The highest BCUT2D eigenvalue weighted by molar-refractivity contribution is 8.02. The van der Waals surface area contributed by atoms with Gasteiger partial charge in [-0.3, -0.25) is 9.59 Å². The molecule has 1 fully saturated rings. The molecule has 1 N–H and O–H groups in total. The van der Waals surface area contributed by atoms with Crippen LogP contribution in [-0.4, -0.2) is 54.9 Å². The molecule has 3 rings (SSSR count). The molecule has 7 heteroatoms. The van der Waals surface area contributed by atoms with Crippen molar-refractivity contribution in [1.82, 2.24) is 15.1 Å². The molecule has 0 spiro atoms. The number of halogens is 1. The van der Waals surface area contributed by atoms with Crippen LogP contribution in [0.3, 0.4) is 0 Å². The average molecular weight is 458 g/mol. The number of hydrogen-bond donors (Lipinski definition) is 1. The molecule has 1 aromatic carbocycles. The van der Waals surface area contributed by atoms with Crippen LogP contribution < -0.4 is 5.32 Å². The van der Waals surface area contributed by atoms with Gasteiger partial charge in [-0.1, -0.05) is 31.2 Å². The lowest BCUT2D eigenvalue weighted by Crippen LogP contribution is -2.46. The summed E-state index contributed by atoms with van der Waals surface area (Å²) in [6.45, 7) is 6.48. The van der Waals surface area contributed by atoms with Crippen LogP contribution >= 0.6 is 11.8 Å². The van der Waals surface area contributed by atoms with Crippen molar-refractivity contribution in [2.24, 2.45) is 5.92 Å². The Labute approximate surface area is 194 Å². The van der Waals surface area contributed by atoms with Gasteiger partial charge < -0.3 is 15.1 Å². The van der Waals surface area contributed by atoms with Gasteiger partial charge in [0.05, 0.1) is 11.3 Å². The third kappa shape index (κ3) is 4.99. The minimum absolute atomic E-state index is 0.0816. The summed E-state index contributed by atoms with van der Waals surface area (Å²) in [4.78, 5) is 29.9. The third-order valence-corrected chi connectivity index (χ3v) is 7.30. The second-order valence-electron chi connectivity index (χ2n) is 8.66. The number of aldehydes is 1. The number of nitrogens with zero attached hydrogens (tertiary/aromatic N) is 2. The second kappa shape index (κ2) is 10.5. The van der Waals surface area contributed by atoms with E-state index in [4.69, 9.17) is 0 Å². The van der Waals surface area contributed by atoms with Crippen LogP contribution in [0.15, 0.2) is 52.7 Å². The molecule has 0 aromatic heterocycles. The Morgan fingerprint density at radius 2 is 2.12 bits per heavy atom. The quantitative estimate of drug-likeness (QED) is 0.568. The maximum absolute atomic E-state index is 14.3. The lowest BCUT2D eigenvalue weighted by molar-refractivity contribution is -0.117. The van der Waals surface area contributed by atoms with Gasteiger partial charge in [0.25, 0.3) is 5.91 Å². The van der Waals surface area contributed by atoms with Crippen molar-refractivity contribution in [3.05, 3.63) is 69.7 Å². The molecule has 1 saturated carbocycles. The number of thioether (sulfide) groups is 1. The minimum Gasteiger partial charge on any atom is -0.348 e. The number of aryl methyl sites for hydroxylation is 1. The molecule has 0 radical (unpaired) electrons. The second-order valence-corrected chi connectivity index (χ2v) is 9.48. The predicted molar refractivity (Wildman–Crippen MR) is 128 cm³/mol. The highest BCUT2D eigenvalue weighted by Crippen LogP contribution is 2.37. The van der Waals surface area contributed by atoms with E-state index >= 15 is 0 Å². The normalized spacial score (nSPS) is 17.9.